The van der Waals surface area contributed by atoms with Crippen molar-refractivity contribution >= 4 is 0 Å². The molecule has 0 saturated carbocycles. The van der Waals surface area contributed by atoms with E-state index in [4.69, 9.17) is 0 Å². The van der Waals surface area contributed by atoms with E-state index in [9.17, 15) is 0 Å². The highest BCUT2D eigenvalue weighted by Crippen LogP contribution is 2.36. The number of allylic oxidation sites excluding steroid dienone is 1. The van der Waals surface area contributed by atoms with Crippen LogP contribution in [-0.4, -0.2) is 0 Å². The standard InChI is InChI=1S/C16H14/c1-2-5-12-8-9-14-11-13-6-3-4-7-15(13)16(14)10-12/h2-4,6-10H,1,5,11H2. The van der Waals surface area contributed by atoms with E-state index in [0.29, 0.717) is 0 Å². The van der Waals surface area contributed by atoms with Crippen LogP contribution in [-0.2, 0) is 12.8 Å². The zero-order valence-electron chi connectivity index (χ0n) is 9.24. The van der Waals surface area contributed by atoms with Gasteiger partial charge in [-0.3, -0.25) is 0 Å². The molecule has 0 aliphatic heterocycles. The smallest absolute Gasteiger partial charge is 0.00135 e. The Labute approximate surface area is 96.3 Å². The second kappa shape index (κ2) is 3.64. The molecule has 2 aromatic carbocycles. The molecule has 0 saturated heterocycles. The zero-order chi connectivity index (χ0) is 11.0. The minimum atomic E-state index is 0.954. The molecule has 2 aromatic rings. The monoisotopic (exact) mass is 206 g/mol. The van der Waals surface area contributed by atoms with Gasteiger partial charge in [0.15, 0.2) is 0 Å². The minimum Gasteiger partial charge on any atom is -0.103 e. The van der Waals surface area contributed by atoms with Gasteiger partial charge in [0.2, 0.25) is 0 Å². The van der Waals surface area contributed by atoms with E-state index in [1.54, 1.807) is 0 Å². The van der Waals surface area contributed by atoms with Crippen molar-refractivity contribution in [3.63, 3.8) is 0 Å². The second-order valence-electron chi connectivity index (χ2n) is 4.32. The van der Waals surface area contributed by atoms with E-state index in [1.165, 1.54) is 27.8 Å². The summed E-state index contributed by atoms with van der Waals surface area (Å²) < 4.78 is 0. The zero-order valence-corrected chi connectivity index (χ0v) is 9.24. The SMILES string of the molecule is C=CCc1ccc2c(c1)-c1ccccc1C2. The highest BCUT2D eigenvalue weighted by molar-refractivity contribution is 5.77. The predicted molar refractivity (Wildman–Crippen MR) is 68.6 cm³/mol. The van der Waals surface area contributed by atoms with Gasteiger partial charge < -0.3 is 0 Å². The van der Waals surface area contributed by atoms with Gasteiger partial charge in [-0.1, -0.05) is 48.5 Å². The van der Waals surface area contributed by atoms with Crippen LogP contribution in [0.15, 0.2) is 55.1 Å². The van der Waals surface area contributed by atoms with Crippen molar-refractivity contribution in [2.45, 2.75) is 12.8 Å². The summed E-state index contributed by atoms with van der Waals surface area (Å²) in [5, 5.41) is 0. The molecule has 0 fully saturated rings. The Balaban J connectivity index is 2.14. The van der Waals surface area contributed by atoms with Gasteiger partial charge in [-0.05, 0) is 40.7 Å². The van der Waals surface area contributed by atoms with Gasteiger partial charge in [0, 0.05) is 0 Å². The maximum Gasteiger partial charge on any atom is -0.00135 e. The molecule has 3 rings (SSSR count). The van der Waals surface area contributed by atoms with Crippen molar-refractivity contribution in [2.24, 2.45) is 0 Å². The van der Waals surface area contributed by atoms with E-state index < -0.39 is 0 Å². The molecule has 0 atom stereocenters. The first-order valence-corrected chi connectivity index (χ1v) is 5.69. The lowest BCUT2D eigenvalue weighted by Crippen LogP contribution is -1.84. The molecule has 0 bridgehead atoms. The molecule has 0 heterocycles. The predicted octanol–water partition coefficient (Wildman–Crippen LogP) is 3.99. The third-order valence-electron chi connectivity index (χ3n) is 3.24. The van der Waals surface area contributed by atoms with E-state index in [-0.39, 0.29) is 0 Å². The number of hydrogen-bond donors (Lipinski definition) is 0. The third-order valence-corrected chi connectivity index (χ3v) is 3.24. The molecule has 0 nitrogen and oxygen atoms in total. The van der Waals surface area contributed by atoms with Crippen LogP contribution in [0.1, 0.15) is 16.7 Å². The van der Waals surface area contributed by atoms with Crippen LogP contribution < -0.4 is 0 Å². The lowest BCUT2D eigenvalue weighted by Gasteiger charge is -2.03. The maximum absolute atomic E-state index is 3.79. The Morgan fingerprint density at radius 2 is 1.81 bits per heavy atom. The fraction of sp³-hybridized carbons (Fsp3) is 0.125. The van der Waals surface area contributed by atoms with Crippen LogP contribution in [0.2, 0.25) is 0 Å². The molecule has 0 aromatic heterocycles. The van der Waals surface area contributed by atoms with Crippen LogP contribution in [0.5, 0.6) is 0 Å². The topological polar surface area (TPSA) is 0 Å². The maximum atomic E-state index is 3.79. The van der Waals surface area contributed by atoms with Crippen molar-refractivity contribution in [1.29, 1.82) is 0 Å². The first kappa shape index (κ1) is 9.41. The summed E-state index contributed by atoms with van der Waals surface area (Å²) in [5.74, 6) is 0. The number of rotatable bonds is 2. The lowest BCUT2D eigenvalue weighted by molar-refractivity contribution is 1.23. The van der Waals surface area contributed by atoms with Crippen LogP contribution in [0, 0.1) is 0 Å². The first-order chi connectivity index (χ1) is 7.88. The summed E-state index contributed by atoms with van der Waals surface area (Å²) in [7, 11) is 0. The van der Waals surface area contributed by atoms with Gasteiger partial charge in [-0.2, -0.15) is 0 Å². The van der Waals surface area contributed by atoms with Crippen LogP contribution in [0.3, 0.4) is 0 Å². The van der Waals surface area contributed by atoms with Gasteiger partial charge in [0.25, 0.3) is 0 Å². The van der Waals surface area contributed by atoms with Gasteiger partial charge in [-0.15, -0.1) is 6.58 Å². The third kappa shape index (κ3) is 1.38. The summed E-state index contributed by atoms with van der Waals surface area (Å²) in [4.78, 5) is 0. The van der Waals surface area contributed by atoms with Gasteiger partial charge in [0.1, 0.15) is 0 Å². The lowest BCUT2D eigenvalue weighted by atomic mass is 10.0. The fourth-order valence-corrected chi connectivity index (χ4v) is 2.46. The number of fused-ring (bicyclic) bond motifs is 3. The van der Waals surface area contributed by atoms with Crippen molar-refractivity contribution in [3.05, 3.63) is 71.8 Å². The molecular weight excluding hydrogens is 192 g/mol. The van der Waals surface area contributed by atoms with E-state index in [0.717, 1.165) is 12.8 Å². The van der Waals surface area contributed by atoms with E-state index >= 15 is 0 Å². The van der Waals surface area contributed by atoms with Crippen molar-refractivity contribution in [3.8, 4) is 11.1 Å². The quantitative estimate of drug-likeness (QED) is 0.556. The molecule has 0 spiro atoms. The van der Waals surface area contributed by atoms with Gasteiger partial charge >= 0.3 is 0 Å². The Hall–Kier alpha value is -1.82. The molecule has 0 amide bonds. The molecule has 0 unspecified atom stereocenters. The molecule has 0 radical (unpaired) electrons. The van der Waals surface area contributed by atoms with Crippen LogP contribution in [0.25, 0.3) is 11.1 Å². The molecule has 78 valence electrons. The Morgan fingerprint density at radius 1 is 1.00 bits per heavy atom. The Kier molecular flexibility index (Phi) is 2.14. The summed E-state index contributed by atoms with van der Waals surface area (Å²) in [6, 6.07) is 15.5. The van der Waals surface area contributed by atoms with Crippen molar-refractivity contribution in [2.75, 3.05) is 0 Å². The fourth-order valence-electron chi connectivity index (χ4n) is 2.46. The molecular formula is C16H14. The summed E-state index contributed by atoms with van der Waals surface area (Å²) in [6.07, 6.45) is 4.00. The molecule has 0 N–H and O–H groups in total. The highest BCUT2D eigenvalue weighted by Gasteiger charge is 2.17. The number of benzene rings is 2. The summed E-state index contributed by atoms with van der Waals surface area (Å²) >= 11 is 0. The highest BCUT2D eigenvalue weighted by atomic mass is 14.2. The Morgan fingerprint density at radius 3 is 2.69 bits per heavy atom. The molecule has 0 heteroatoms. The average Bonchev–Trinajstić information content (AvgIpc) is 2.68. The second-order valence-corrected chi connectivity index (χ2v) is 4.32. The van der Waals surface area contributed by atoms with E-state index in [1.807, 2.05) is 6.08 Å². The summed E-state index contributed by atoms with van der Waals surface area (Å²) in [5.41, 5.74) is 7.08. The van der Waals surface area contributed by atoms with Crippen molar-refractivity contribution in [1.82, 2.24) is 0 Å². The molecule has 1 aliphatic carbocycles. The van der Waals surface area contributed by atoms with Gasteiger partial charge in [0.05, 0.1) is 0 Å². The number of hydrogen-bond acceptors (Lipinski definition) is 0. The van der Waals surface area contributed by atoms with E-state index in [2.05, 4.69) is 49.0 Å². The van der Waals surface area contributed by atoms with Crippen LogP contribution >= 0.6 is 0 Å². The molecule has 16 heavy (non-hydrogen) atoms. The normalized spacial score (nSPS) is 12.0. The summed E-state index contributed by atoms with van der Waals surface area (Å²) in [6.45, 7) is 3.79. The molecule has 1 aliphatic rings. The minimum absolute atomic E-state index is 0.954. The van der Waals surface area contributed by atoms with Gasteiger partial charge in [-0.25, -0.2) is 0 Å². The van der Waals surface area contributed by atoms with Crippen molar-refractivity contribution < 1.29 is 0 Å². The Bertz CT molecular complexity index is 550. The largest absolute Gasteiger partial charge is 0.103 e. The average molecular weight is 206 g/mol. The van der Waals surface area contributed by atoms with Crippen LogP contribution in [0.4, 0.5) is 0 Å². The first-order valence-electron chi connectivity index (χ1n) is 5.69.